The second-order valence-electron chi connectivity index (χ2n) is 5.17. The first-order valence-corrected chi connectivity index (χ1v) is 7.09. The molecule has 106 valence electrons. The number of benzene rings is 1. The van der Waals surface area contributed by atoms with E-state index in [9.17, 15) is 9.50 Å². The Kier molecular flexibility index (Phi) is 5.16. The van der Waals surface area contributed by atoms with Crippen LogP contribution in [0, 0.1) is 11.7 Å². The number of hydrogen-bond donors (Lipinski definition) is 2. The van der Waals surface area contributed by atoms with Gasteiger partial charge >= 0.3 is 0 Å². The van der Waals surface area contributed by atoms with Gasteiger partial charge in [0.2, 0.25) is 0 Å². The van der Waals surface area contributed by atoms with Crippen molar-refractivity contribution in [1.29, 1.82) is 0 Å². The van der Waals surface area contributed by atoms with E-state index in [1.807, 2.05) is 13.0 Å². The number of hydrogen-bond acceptors (Lipinski definition) is 3. The molecule has 4 heteroatoms. The molecule has 2 rings (SSSR count). The summed E-state index contributed by atoms with van der Waals surface area (Å²) in [6.07, 6.45) is 2.02. The molecular formula is C15H23FN2O. The fourth-order valence-corrected chi connectivity index (χ4v) is 2.62. The molecule has 1 fully saturated rings. The van der Waals surface area contributed by atoms with Gasteiger partial charge in [0, 0.05) is 31.9 Å². The number of piperidine rings is 1. The van der Waals surface area contributed by atoms with Gasteiger partial charge < -0.3 is 15.3 Å². The number of nitrogens with zero attached hydrogens (tertiary/aromatic N) is 1. The third kappa shape index (κ3) is 3.67. The second kappa shape index (κ2) is 6.87. The molecule has 19 heavy (non-hydrogen) atoms. The van der Waals surface area contributed by atoms with Crippen LogP contribution in [0.5, 0.6) is 0 Å². The first kappa shape index (κ1) is 14.3. The highest BCUT2D eigenvalue weighted by Gasteiger charge is 2.20. The zero-order valence-corrected chi connectivity index (χ0v) is 11.5. The second-order valence-corrected chi connectivity index (χ2v) is 5.17. The average Bonchev–Trinajstić information content (AvgIpc) is 2.45. The quantitative estimate of drug-likeness (QED) is 0.857. The van der Waals surface area contributed by atoms with Crippen molar-refractivity contribution in [3.63, 3.8) is 0 Å². The summed E-state index contributed by atoms with van der Waals surface area (Å²) < 4.78 is 13.4. The fraction of sp³-hybridized carbons (Fsp3) is 0.600. The maximum atomic E-state index is 13.4. The van der Waals surface area contributed by atoms with E-state index in [0.717, 1.165) is 43.7 Å². The molecule has 1 aromatic rings. The molecule has 1 saturated heterocycles. The van der Waals surface area contributed by atoms with Crippen LogP contribution >= 0.6 is 0 Å². The van der Waals surface area contributed by atoms with E-state index in [1.165, 1.54) is 6.07 Å². The summed E-state index contributed by atoms with van der Waals surface area (Å²) in [7, 11) is 0. The Balaban J connectivity index is 2.10. The molecule has 0 unspecified atom stereocenters. The molecule has 1 heterocycles. The van der Waals surface area contributed by atoms with Crippen molar-refractivity contribution in [3.05, 3.63) is 29.6 Å². The molecular weight excluding hydrogens is 243 g/mol. The summed E-state index contributed by atoms with van der Waals surface area (Å²) in [6, 6.07) is 5.03. The van der Waals surface area contributed by atoms with Crippen molar-refractivity contribution in [2.24, 2.45) is 5.92 Å². The molecule has 1 aliphatic heterocycles. The minimum atomic E-state index is -0.179. The van der Waals surface area contributed by atoms with E-state index in [4.69, 9.17) is 0 Å². The summed E-state index contributed by atoms with van der Waals surface area (Å²) in [5, 5.41) is 12.4. The summed E-state index contributed by atoms with van der Waals surface area (Å²) in [5.41, 5.74) is 2.14. The average molecular weight is 266 g/mol. The van der Waals surface area contributed by atoms with E-state index in [2.05, 4.69) is 10.2 Å². The van der Waals surface area contributed by atoms with Crippen molar-refractivity contribution in [1.82, 2.24) is 5.32 Å². The van der Waals surface area contributed by atoms with Crippen LogP contribution in [0.1, 0.15) is 25.3 Å². The summed E-state index contributed by atoms with van der Waals surface area (Å²) in [6.45, 7) is 5.78. The van der Waals surface area contributed by atoms with Crippen LogP contribution in [0.3, 0.4) is 0 Å². The third-order valence-corrected chi connectivity index (χ3v) is 3.82. The zero-order valence-electron chi connectivity index (χ0n) is 11.5. The van der Waals surface area contributed by atoms with Gasteiger partial charge in [-0.25, -0.2) is 4.39 Å². The molecule has 0 aromatic heterocycles. The topological polar surface area (TPSA) is 35.5 Å². The highest BCUT2D eigenvalue weighted by atomic mass is 19.1. The smallest absolute Gasteiger partial charge is 0.123 e. The lowest BCUT2D eigenvalue weighted by Gasteiger charge is -2.34. The monoisotopic (exact) mass is 266 g/mol. The van der Waals surface area contributed by atoms with E-state index in [1.54, 1.807) is 6.07 Å². The number of rotatable bonds is 5. The van der Waals surface area contributed by atoms with E-state index in [-0.39, 0.29) is 12.4 Å². The van der Waals surface area contributed by atoms with Gasteiger partial charge in [-0.05, 0) is 49.1 Å². The van der Waals surface area contributed by atoms with Gasteiger partial charge in [0.05, 0.1) is 0 Å². The predicted octanol–water partition coefficient (Wildman–Crippen LogP) is 2.14. The van der Waals surface area contributed by atoms with E-state index < -0.39 is 0 Å². The van der Waals surface area contributed by atoms with Gasteiger partial charge in [0.15, 0.2) is 0 Å². The number of aliphatic hydroxyl groups excluding tert-OH is 1. The van der Waals surface area contributed by atoms with E-state index >= 15 is 0 Å². The first-order valence-electron chi connectivity index (χ1n) is 7.09. The summed E-state index contributed by atoms with van der Waals surface area (Å²) >= 11 is 0. The fourth-order valence-electron chi connectivity index (χ4n) is 2.62. The van der Waals surface area contributed by atoms with Crippen LogP contribution in [0.15, 0.2) is 18.2 Å². The molecule has 0 atom stereocenters. The van der Waals surface area contributed by atoms with E-state index in [0.29, 0.717) is 12.5 Å². The molecule has 0 amide bonds. The van der Waals surface area contributed by atoms with Crippen molar-refractivity contribution in [3.8, 4) is 0 Å². The lowest BCUT2D eigenvalue weighted by molar-refractivity contribution is 0.203. The summed E-state index contributed by atoms with van der Waals surface area (Å²) in [4.78, 5) is 2.30. The lowest BCUT2D eigenvalue weighted by Crippen LogP contribution is -2.35. The molecule has 0 radical (unpaired) electrons. The largest absolute Gasteiger partial charge is 0.396 e. The van der Waals surface area contributed by atoms with Crippen LogP contribution < -0.4 is 10.2 Å². The van der Waals surface area contributed by atoms with Gasteiger partial charge in [-0.2, -0.15) is 0 Å². The van der Waals surface area contributed by atoms with Crippen LogP contribution in [0.4, 0.5) is 10.1 Å². The van der Waals surface area contributed by atoms with Gasteiger partial charge in [-0.3, -0.25) is 0 Å². The Bertz CT molecular complexity index is 403. The SMILES string of the molecule is CCNCc1cc(F)ccc1N1CCC(CO)CC1. The van der Waals surface area contributed by atoms with Crippen molar-refractivity contribution in [2.75, 3.05) is 31.1 Å². The molecule has 0 spiro atoms. The van der Waals surface area contributed by atoms with Crippen molar-refractivity contribution < 1.29 is 9.50 Å². The standard InChI is InChI=1S/C15H23FN2O/c1-2-17-10-13-9-14(16)3-4-15(13)18-7-5-12(11-19)6-8-18/h3-4,9,12,17,19H,2,5-8,10-11H2,1H3. The molecule has 1 aliphatic rings. The van der Waals surface area contributed by atoms with Gasteiger partial charge in [0.1, 0.15) is 5.82 Å². The third-order valence-electron chi connectivity index (χ3n) is 3.82. The Morgan fingerprint density at radius 3 is 2.74 bits per heavy atom. The first-order chi connectivity index (χ1) is 9.24. The van der Waals surface area contributed by atoms with Gasteiger partial charge in [0.25, 0.3) is 0 Å². The Morgan fingerprint density at radius 1 is 1.37 bits per heavy atom. The lowest BCUT2D eigenvalue weighted by atomic mass is 9.97. The molecule has 3 nitrogen and oxygen atoms in total. The molecule has 1 aromatic carbocycles. The maximum absolute atomic E-state index is 13.4. The number of nitrogens with one attached hydrogen (secondary N) is 1. The van der Waals surface area contributed by atoms with Gasteiger partial charge in [-0.1, -0.05) is 6.92 Å². The Labute approximate surface area is 114 Å². The number of halogens is 1. The van der Waals surface area contributed by atoms with Gasteiger partial charge in [-0.15, -0.1) is 0 Å². The van der Waals surface area contributed by atoms with Crippen LogP contribution in [-0.2, 0) is 6.54 Å². The molecule has 0 saturated carbocycles. The van der Waals surface area contributed by atoms with Crippen LogP contribution in [0.25, 0.3) is 0 Å². The minimum Gasteiger partial charge on any atom is -0.396 e. The normalized spacial score (nSPS) is 16.9. The van der Waals surface area contributed by atoms with Crippen LogP contribution in [-0.4, -0.2) is 31.3 Å². The van der Waals surface area contributed by atoms with Crippen molar-refractivity contribution >= 4 is 5.69 Å². The molecule has 0 aliphatic carbocycles. The number of aliphatic hydroxyl groups is 1. The van der Waals surface area contributed by atoms with Crippen LogP contribution in [0.2, 0.25) is 0 Å². The van der Waals surface area contributed by atoms with Crippen molar-refractivity contribution in [2.45, 2.75) is 26.3 Å². The molecule has 0 bridgehead atoms. The zero-order chi connectivity index (χ0) is 13.7. The number of anilines is 1. The Morgan fingerprint density at radius 2 is 2.11 bits per heavy atom. The minimum absolute atomic E-state index is 0.179. The highest BCUT2D eigenvalue weighted by Crippen LogP contribution is 2.27. The summed E-state index contributed by atoms with van der Waals surface area (Å²) in [5.74, 6) is 0.246. The maximum Gasteiger partial charge on any atom is 0.123 e. The molecule has 2 N–H and O–H groups in total. The predicted molar refractivity (Wildman–Crippen MR) is 75.8 cm³/mol. The highest BCUT2D eigenvalue weighted by molar-refractivity contribution is 5.54. The Hall–Kier alpha value is -1.13.